The largest absolute Gasteiger partial charge is 0.493 e. The number of rotatable bonds is 6. The molecule has 0 radical (unpaired) electrons. The van der Waals surface area contributed by atoms with Crippen LogP contribution in [0.5, 0.6) is 5.75 Å². The van der Waals surface area contributed by atoms with Crippen molar-refractivity contribution in [1.29, 1.82) is 0 Å². The molecule has 1 aliphatic rings. The average molecular weight is 413 g/mol. The smallest absolute Gasteiger partial charge is 0.335 e. The molecule has 0 saturated carbocycles. The first kappa shape index (κ1) is 20.6. The summed E-state index contributed by atoms with van der Waals surface area (Å²) >= 11 is 3.76. The molecular formula is C23H24O3S2. The third kappa shape index (κ3) is 4.47. The Kier molecular flexibility index (Phi) is 6.57. The SMILES string of the molecule is CSC1(SC)CCOc2ccc(C=CC(C)=Cc3ccc(C(=O)O)cc3)cc21. The molecule has 146 valence electrons. The van der Waals surface area contributed by atoms with Gasteiger partial charge in [0.2, 0.25) is 0 Å². The predicted molar refractivity (Wildman–Crippen MR) is 121 cm³/mol. The third-order valence-electron chi connectivity index (χ3n) is 4.85. The summed E-state index contributed by atoms with van der Waals surface area (Å²) < 4.78 is 5.91. The summed E-state index contributed by atoms with van der Waals surface area (Å²) in [4.78, 5) is 10.9. The van der Waals surface area contributed by atoms with E-state index < -0.39 is 5.97 Å². The summed E-state index contributed by atoms with van der Waals surface area (Å²) in [5.74, 6) is 0.0768. The molecule has 1 aliphatic heterocycles. The van der Waals surface area contributed by atoms with Crippen molar-refractivity contribution in [3.8, 4) is 5.75 Å². The Morgan fingerprint density at radius 3 is 2.43 bits per heavy atom. The zero-order valence-corrected chi connectivity index (χ0v) is 17.9. The summed E-state index contributed by atoms with van der Waals surface area (Å²) in [5.41, 5.74) is 4.78. The molecule has 0 aromatic heterocycles. The minimum atomic E-state index is -0.907. The Bertz CT molecular complexity index is 910. The van der Waals surface area contributed by atoms with Crippen molar-refractivity contribution in [3.05, 3.63) is 76.4 Å². The van der Waals surface area contributed by atoms with E-state index in [9.17, 15) is 4.79 Å². The maximum absolute atomic E-state index is 10.9. The average Bonchev–Trinajstić information content (AvgIpc) is 2.72. The Labute approximate surface area is 174 Å². The second-order valence-corrected chi connectivity index (χ2v) is 9.13. The summed E-state index contributed by atoms with van der Waals surface area (Å²) in [6.45, 7) is 2.80. The lowest BCUT2D eigenvalue weighted by atomic mass is 10.0. The zero-order chi connectivity index (χ0) is 20.1. The van der Waals surface area contributed by atoms with Crippen LogP contribution in [0.2, 0.25) is 0 Å². The van der Waals surface area contributed by atoms with Crippen LogP contribution in [-0.4, -0.2) is 30.2 Å². The maximum atomic E-state index is 10.9. The summed E-state index contributed by atoms with van der Waals surface area (Å²) in [6, 6.07) is 13.3. The number of aromatic carboxylic acids is 1. The van der Waals surface area contributed by atoms with Crippen molar-refractivity contribution in [2.45, 2.75) is 17.4 Å². The fourth-order valence-corrected chi connectivity index (χ4v) is 5.27. The van der Waals surface area contributed by atoms with Crippen molar-refractivity contribution in [2.24, 2.45) is 0 Å². The molecule has 2 aromatic rings. The van der Waals surface area contributed by atoms with Gasteiger partial charge in [0.1, 0.15) is 5.75 Å². The summed E-state index contributed by atoms with van der Waals surface area (Å²) in [7, 11) is 0. The van der Waals surface area contributed by atoms with E-state index >= 15 is 0 Å². The molecule has 3 rings (SSSR count). The van der Waals surface area contributed by atoms with Gasteiger partial charge in [0.25, 0.3) is 0 Å². The molecule has 0 saturated heterocycles. The van der Waals surface area contributed by atoms with Crippen LogP contribution in [0.4, 0.5) is 0 Å². The van der Waals surface area contributed by atoms with Crippen LogP contribution >= 0.6 is 23.5 Å². The molecule has 0 aliphatic carbocycles. The monoisotopic (exact) mass is 412 g/mol. The number of carbonyl (C=O) groups is 1. The Balaban J connectivity index is 1.81. The Morgan fingerprint density at radius 2 is 1.79 bits per heavy atom. The first-order chi connectivity index (χ1) is 13.5. The van der Waals surface area contributed by atoms with Gasteiger partial charge in [0, 0.05) is 12.0 Å². The molecule has 0 unspecified atom stereocenters. The van der Waals surface area contributed by atoms with Crippen LogP contribution in [0.15, 0.2) is 54.1 Å². The number of benzene rings is 2. The number of carboxylic acids is 1. The standard InChI is InChI=1S/C23H24O3S2/c1-16(14-17-6-9-19(10-7-17)22(24)25)4-5-18-8-11-21-20(15-18)23(27-2,28-3)12-13-26-21/h4-11,14-15H,12-13H2,1-3H3,(H,24,25). The van der Waals surface area contributed by atoms with E-state index in [2.05, 4.69) is 42.9 Å². The van der Waals surface area contributed by atoms with Crippen molar-refractivity contribution >= 4 is 41.6 Å². The highest BCUT2D eigenvalue weighted by atomic mass is 32.2. The number of carboxylic acid groups (broad SMARTS) is 1. The van der Waals surface area contributed by atoms with Gasteiger partial charge in [-0.3, -0.25) is 0 Å². The number of hydrogen-bond donors (Lipinski definition) is 1. The quantitative estimate of drug-likeness (QED) is 0.454. The molecule has 0 atom stereocenters. The second-order valence-electron chi connectivity index (χ2n) is 6.66. The lowest BCUT2D eigenvalue weighted by molar-refractivity contribution is 0.0697. The van der Waals surface area contributed by atoms with Gasteiger partial charge in [-0.25, -0.2) is 4.79 Å². The molecule has 1 heterocycles. The minimum absolute atomic E-state index is 0.0498. The van der Waals surface area contributed by atoms with Gasteiger partial charge in [0.05, 0.1) is 16.2 Å². The molecule has 0 fully saturated rings. The molecule has 1 N–H and O–H groups in total. The molecule has 3 nitrogen and oxygen atoms in total. The Morgan fingerprint density at radius 1 is 1.11 bits per heavy atom. The lowest BCUT2D eigenvalue weighted by Gasteiger charge is -2.36. The van der Waals surface area contributed by atoms with E-state index in [1.165, 1.54) is 5.56 Å². The highest BCUT2D eigenvalue weighted by Crippen LogP contribution is 2.52. The number of ether oxygens (including phenoxy) is 1. The van der Waals surface area contributed by atoms with Gasteiger partial charge in [-0.1, -0.05) is 42.0 Å². The van der Waals surface area contributed by atoms with Crippen molar-refractivity contribution in [3.63, 3.8) is 0 Å². The van der Waals surface area contributed by atoms with Crippen molar-refractivity contribution in [2.75, 3.05) is 19.1 Å². The topological polar surface area (TPSA) is 46.5 Å². The summed E-state index contributed by atoms with van der Waals surface area (Å²) in [6.07, 6.45) is 11.6. The predicted octanol–water partition coefficient (Wildman–Crippen LogP) is 6.16. The Hall–Kier alpha value is -2.11. The molecular weight excluding hydrogens is 388 g/mol. The first-order valence-electron chi connectivity index (χ1n) is 9.05. The fraction of sp³-hybridized carbons (Fsp3) is 0.261. The van der Waals surface area contributed by atoms with Gasteiger partial charge < -0.3 is 9.84 Å². The third-order valence-corrected chi connectivity index (χ3v) is 8.02. The number of fused-ring (bicyclic) bond motifs is 1. The van der Waals surface area contributed by atoms with Gasteiger partial charge in [0.15, 0.2) is 0 Å². The van der Waals surface area contributed by atoms with Crippen molar-refractivity contribution < 1.29 is 14.6 Å². The first-order valence-corrected chi connectivity index (χ1v) is 11.5. The molecule has 2 aromatic carbocycles. The van der Waals surface area contributed by atoms with Gasteiger partial charge in [-0.2, -0.15) is 0 Å². The number of thioether (sulfide) groups is 2. The van der Waals surface area contributed by atoms with E-state index in [-0.39, 0.29) is 4.08 Å². The second kappa shape index (κ2) is 8.93. The van der Waals surface area contributed by atoms with E-state index in [4.69, 9.17) is 9.84 Å². The molecule has 0 spiro atoms. The van der Waals surface area contributed by atoms with E-state index in [0.29, 0.717) is 5.56 Å². The fourth-order valence-electron chi connectivity index (χ4n) is 3.27. The van der Waals surface area contributed by atoms with Gasteiger partial charge >= 0.3 is 5.97 Å². The van der Waals surface area contributed by atoms with Gasteiger partial charge in [-0.05, 0) is 54.8 Å². The molecule has 28 heavy (non-hydrogen) atoms. The van der Waals surface area contributed by atoms with Crippen LogP contribution in [0, 0.1) is 0 Å². The molecule has 0 bridgehead atoms. The normalized spacial score (nSPS) is 15.9. The van der Waals surface area contributed by atoms with E-state index in [1.807, 2.05) is 48.7 Å². The number of hydrogen-bond acceptors (Lipinski definition) is 4. The van der Waals surface area contributed by atoms with Gasteiger partial charge in [-0.15, -0.1) is 23.5 Å². The highest BCUT2D eigenvalue weighted by Gasteiger charge is 2.36. The summed E-state index contributed by atoms with van der Waals surface area (Å²) in [5, 5.41) is 8.99. The van der Waals surface area contributed by atoms with Crippen LogP contribution < -0.4 is 4.74 Å². The van der Waals surface area contributed by atoms with Crippen LogP contribution in [0.3, 0.4) is 0 Å². The van der Waals surface area contributed by atoms with E-state index in [0.717, 1.165) is 35.5 Å². The molecule has 0 amide bonds. The zero-order valence-electron chi connectivity index (χ0n) is 16.3. The maximum Gasteiger partial charge on any atom is 0.335 e. The lowest BCUT2D eigenvalue weighted by Crippen LogP contribution is -2.26. The molecule has 5 heteroatoms. The van der Waals surface area contributed by atoms with Crippen LogP contribution in [-0.2, 0) is 4.08 Å². The van der Waals surface area contributed by atoms with Crippen LogP contribution in [0.1, 0.15) is 40.4 Å². The van der Waals surface area contributed by atoms with Crippen LogP contribution in [0.25, 0.3) is 12.2 Å². The van der Waals surface area contributed by atoms with Crippen molar-refractivity contribution in [1.82, 2.24) is 0 Å². The number of allylic oxidation sites excluding steroid dienone is 2. The minimum Gasteiger partial charge on any atom is -0.493 e. The van der Waals surface area contributed by atoms with E-state index in [1.54, 1.807) is 12.1 Å². The highest BCUT2D eigenvalue weighted by molar-refractivity contribution is 8.16.